The summed E-state index contributed by atoms with van der Waals surface area (Å²) >= 11 is 0. The molecule has 0 amide bonds. The van der Waals surface area contributed by atoms with Crippen LogP contribution in [0.5, 0.6) is 0 Å². The predicted octanol–water partition coefficient (Wildman–Crippen LogP) is -2.17. The Balaban J connectivity index is 0. The molecule has 0 aliphatic heterocycles. The van der Waals surface area contributed by atoms with E-state index in [0.717, 1.165) is 0 Å². The molecule has 4 heteroatoms. The first-order valence-corrected chi connectivity index (χ1v) is 0. The molecule has 0 atom stereocenters. The first kappa shape index (κ1) is 34.4. The van der Waals surface area contributed by atoms with Gasteiger partial charge in [-0.05, 0) is 0 Å². The van der Waals surface area contributed by atoms with Gasteiger partial charge >= 0.3 is 48.9 Å². The smallest absolute Gasteiger partial charge is 0 e. The van der Waals surface area contributed by atoms with Crippen molar-refractivity contribution in [2.24, 2.45) is 0 Å². The van der Waals surface area contributed by atoms with Gasteiger partial charge in [-0.25, -0.2) is 0 Å². The third kappa shape index (κ3) is 8.88. The predicted molar refractivity (Wildman–Crippen MR) is 21.5 cm³/mol. The topological polar surface area (TPSA) is 31.5 Å². The molecule has 4 heavy (non-hydrogen) atoms. The van der Waals surface area contributed by atoms with Gasteiger partial charge in [0.25, 0.3) is 0 Å². The summed E-state index contributed by atoms with van der Waals surface area (Å²) in [6, 6.07) is 0. The van der Waals surface area contributed by atoms with Crippen molar-refractivity contribution in [3.05, 3.63) is 0 Å². The molecule has 0 rings (SSSR count). The molecular weight excluding hydrogens is 221 g/mol. The SMILES string of the molecule is O.[H-].[H-].[InH3].[Mg+2].[Zn]. The Morgan fingerprint density at radius 2 is 1.25 bits per heavy atom. The number of hydrogen-bond donors (Lipinski definition) is 0. The zero-order valence-electron chi connectivity index (χ0n) is 3.91. The van der Waals surface area contributed by atoms with Crippen LogP contribution in [0.1, 0.15) is 2.85 Å². The van der Waals surface area contributed by atoms with Gasteiger partial charge < -0.3 is 8.33 Å². The van der Waals surface area contributed by atoms with Gasteiger partial charge in [-0.3, -0.25) is 0 Å². The first-order chi connectivity index (χ1) is 0. The molecule has 1 nitrogen and oxygen atoms in total. The van der Waals surface area contributed by atoms with Crippen LogP contribution in [0.25, 0.3) is 0 Å². The monoisotopic (exact) mass is 226 g/mol. The Morgan fingerprint density at radius 1 is 1.25 bits per heavy atom. The molecule has 0 spiro atoms. The quantitative estimate of drug-likeness (QED) is 0.422. The second-order valence-electron chi connectivity index (χ2n) is 0. The minimum atomic E-state index is 0. The van der Waals surface area contributed by atoms with Gasteiger partial charge in [0.1, 0.15) is 0 Å². The van der Waals surface area contributed by atoms with Gasteiger partial charge in [-0.15, -0.1) is 0 Å². The molecule has 2 N–H and O–H groups in total. The summed E-state index contributed by atoms with van der Waals surface area (Å²) in [4.78, 5) is 0. The summed E-state index contributed by atoms with van der Waals surface area (Å²) in [6.07, 6.45) is 0. The van der Waals surface area contributed by atoms with Crippen LogP contribution in [0.3, 0.4) is 0 Å². The minimum absolute atomic E-state index is 0. The van der Waals surface area contributed by atoms with E-state index in [1.165, 1.54) is 0 Å². The maximum atomic E-state index is 0. The van der Waals surface area contributed by atoms with Crippen LogP contribution < -0.4 is 0 Å². The van der Waals surface area contributed by atoms with Gasteiger partial charge in [-0.2, -0.15) is 0 Å². The van der Waals surface area contributed by atoms with Gasteiger partial charge in [0.2, 0.25) is 0 Å². The average Bonchev–Trinajstić information content (AvgIpc) is 0. The fourth-order valence-electron chi connectivity index (χ4n) is 0. The molecule has 0 heterocycles. The van der Waals surface area contributed by atoms with Gasteiger partial charge in [0.05, 0.1) is 0 Å². The standard InChI is InChI=1S/In.Mg.H2O.Zn.5H/h;;1H2;;;;;;/q;+2;;;;;;2*-1. The zero-order chi connectivity index (χ0) is 0. The van der Waals surface area contributed by atoms with Crippen LogP contribution in [0.15, 0.2) is 0 Å². The van der Waals surface area contributed by atoms with Crippen LogP contribution in [0, 0.1) is 0 Å². The van der Waals surface area contributed by atoms with Crippen molar-refractivity contribution < 1.29 is 27.8 Å². The fourth-order valence-corrected chi connectivity index (χ4v) is 0. The molecular formula is H7InMgOZn. The van der Waals surface area contributed by atoms with Crippen LogP contribution in [0.2, 0.25) is 0 Å². The third-order valence-electron chi connectivity index (χ3n) is 0. The van der Waals surface area contributed by atoms with Crippen molar-refractivity contribution in [3.8, 4) is 0 Å². The molecule has 0 radical (unpaired) electrons. The van der Waals surface area contributed by atoms with Crippen molar-refractivity contribution in [1.82, 2.24) is 0 Å². The summed E-state index contributed by atoms with van der Waals surface area (Å²) in [5.74, 6) is 0. The maximum absolute atomic E-state index is 0. The molecule has 0 unspecified atom stereocenters. The second kappa shape index (κ2) is 18.9. The molecule has 0 aromatic heterocycles. The molecule has 0 aromatic carbocycles. The van der Waals surface area contributed by atoms with E-state index in [-0.39, 0.29) is 76.7 Å². The maximum Gasteiger partial charge on any atom is 2.00 e. The van der Waals surface area contributed by atoms with Crippen molar-refractivity contribution in [3.63, 3.8) is 0 Å². The Labute approximate surface area is 75.9 Å². The Kier molecular flexibility index (Phi) is 162. The van der Waals surface area contributed by atoms with E-state index in [0.29, 0.717) is 0 Å². The van der Waals surface area contributed by atoms with E-state index in [1.54, 1.807) is 0 Å². The van der Waals surface area contributed by atoms with Crippen molar-refractivity contribution in [2.75, 3.05) is 0 Å². The van der Waals surface area contributed by atoms with Gasteiger partial charge in [0.15, 0.2) is 0 Å². The fraction of sp³-hybridized carbons (Fsp3) is 0. The van der Waals surface area contributed by atoms with Crippen LogP contribution in [-0.4, -0.2) is 54.4 Å². The zero-order valence-corrected chi connectivity index (χ0v) is 6.30. The summed E-state index contributed by atoms with van der Waals surface area (Å²) in [6.45, 7) is 0. The summed E-state index contributed by atoms with van der Waals surface area (Å²) in [7, 11) is 0. The number of hydrogen-bond acceptors (Lipinski definition) is 0. The largest absolute Gasteiger partial charge is 2.00 e. The normalized spacial score (nSPS) is 0. The van der Waals surface area contributed by atoms with E-state index >= 15 is 0 Å². The summed E-state index contributed by atoms with van der Waals surface area (Å²) < 4.78 is 0. The van der Waals surface area contributed by atoms with Crippen molar-refractivity contribution in [1.29, 1.82) is 0 Å². The summed E-state index contributed by atoms with van der Waals surface area (Å²) in [5.41, 5.74) is 0. The molecule has 0 saturated carbocycles. The summed E-state index contributed by atoms with van der Waals surface area (Å²) in [5, 5.41) is 0. The van der Waals surface area contributed by atoms with Crippen molar-refractivity contribution in [2.45, 2.75) is 0 Å². The van der Waals surface area contributed by atoms with Crippen molar-refractivity contribution >= 4 is 48.9 Å². The average molecular weight is 228 g/mol. The molecule has 0 aliphatic carbocycles. The van der Waals surface area contributed by atoms with Crippen LogP contribution >= 0.6 is 0 Å². The van der Waals surface area contributed by atoms with Crippen LogP contribution in [-0.2, 0) is 19.5 Å². The minimum Gasteiger partial charge on any atom is 0 e. The van der Waals surface area contributed by atoms with E-state index in [1.807, 2.05) is 0 Å². The van der Waals surface area contributed by atoms with E-state index in [4.69, 9.17) is 0 Å². The number of rotatable bonds is 0. The van der Waals surface area contributed by atoms with E-state index < -0.39 is 0 Å². The second-order valence-corrected chi connectivity index (χ2v) is 0. The van der Waals surface area contributed by atoms with Gasteiger partial charge in [0, 0.05) is 19.5 Å². The van der Waals surface area contributed by atoms with Crippen LogP contribution in [0.4, 0.5) is 0 Å². The van der Waals surface area contributed by atoms with E-state index in [9.17, 15) is 0 Å². The first-order valence-electron chi connectivity index (χ1n) is 0. The van der Waals surface area contributed by atoms with E-state index in [2.05, 4.69) is 0 Å². The molecule has 0 aromatic rings. The molecule has 0 bridgehead atoms. The van der Waals surface area contributed by atoms with Gasteiger partial charge in [-0.1, -0.05) is 0 Å². The molecule has 0 aliphatic rings. The third-order valence-corrected chi connectivity index (χ3v) is 0. The Morgan fingerprint density at radius 3 is 1.25 bits per heavy atom. The molecule has 0 saturated heterocycles. The Hall–Kier alpha value is 2.22. The Bertz CT molecular complexity index is 13.5. The molecule has 0 fully saturated rings. The molecule has 20 valence electrons.